The number of aromatic nitrogens is 2. The first-order valence-corrected chi connectivity index (χ1v) is 9.11. The highest BCUT2D eigenvalue weighted by molar-refractivity contribution is 6.32. The van der Waals surface area contributed by atoms with Crippen molar-refractivity contribution in [3.8, 4) is 22.4 Å². The maximum Gasteiger partial charge on any atom is 0.396 e. The summed E-state index contributed by atoms with van der Waals surface area (Å²) >= 11 is 0. The maximum absolute atomic E-state index is 13.6. The predicted molar refractivity (Wildman–Crippen MR) is 106 cm³/mol. The molecule has 0 bridgehead atoms. The second kappa shape index (κ2) is 9.05. The van der Waals surface area contributed by atoms with Crippen molar-refractivity contribution >= 4 is 11.9 Å². The van der Waals surface area contributed by atoms with Crippen molar-refractivity contribution in [1.29, 1.82) is 0 Å². The van der Waals surface area contributed by atoms with E-state index in [9.17, 15) is 14.0 Å². The lowest BCUT2D eigenvalue weighted by Crippen LogP contribution is -2.32. The van der Waals surface area contributed by atoms with Gasteiger partial charge in [0.25, 0.3) is 0 Å². The minimum Gasteiger partial charge on any atom is -0.459 e. The van der Waals surface area contributed by atoms with Crippen LogP contribution in [-0.2, 0) is 20.9 Å². The largest absolute Gasteiger partial charge is 0.459 e. The second-order valence-corrected chi connectivity index (χ2v) is 6.30. The third-order valence-corrected chi connectivity index (χ3v) is 4.27. The Kier molecular flexibility index (Phi) is 6.29. The Bertz CT molecular complexity index is 1040. The van der Waals surface area contributed by atoms with Crippen LogP contribution >= 0.6 is 0 Å². The zero-order valence-corrected chi connectivity index (χ0v) is 16.1. The molecular weight excluding hydrogens is 373 g/mol. The number of hydrogen-bond acceptors (Lipinski definition) is 5. The van der Waals surface area contributed by atoms with E-state index >= 15 is 0 Å². The molecule has 0 unspecified atom stereocenters. The number of rotatable bonds is 5. The average molecular weight is 393 g/mol. The van der Waals surface area contributed by atoms with Crippen LogP contribution in [0.1, 0.15) is 18.2 Å². The van der Waals surface area contributed by atoms with E-state index in [2.05, 4.69) is 20.0 Å². The molecule has 0 saturated carbocycles. The summed E-state index contributed by atoms with van der Waals surface area (Å²) in [7, 11) is 0. The Morgan fingerprint density at radius 3 is 2.59 bits per heavy atom. The summed E-state index contributed by atoms with van der Waals surface area (Å²) < 4.78 is 18.3. The van der Waals surface area contributed by atoms with E-state index < -0.39 is 11.9 Å². The van der Waals surface area contributed by atoms with E-state index in [1.807, 2.05) is 18.2 Å². The monoisotopic (exact) mass is 393 g/mol. The van der Waals surface area contributed by atoms with Crippen molar-refractivity contribution < 1.29 is 18.7 Å². The maximum atomic E-state index is 13.6. The third-order valence-electron chi connectivity index (χ3n) is 4.27. The molecule has 29 heavy (non-hydrogen) atoms. The van der Waals surface area contributed by atoms with Crippen molar-refractivity contribution in [3.05, 3.63) is 71.9 Å². The number of benzene rings is 1. The summed E-state index contributed by atoms with van der Waals surface area (Å²) in [5.74, 6) is -1.99. The molecule has 1 aromatic carbocycles. The number of nitrogens with one attached hydrogen (secondary N) is 1. The molecule has 1 N–H and O–H groups in total. The van der Waals surface area contributed by atoms with Crippen LogP contribution in [0.4, 0.5) is 4.39 Å². The number of aryl methyl sites for hydroxylation is 1. The first-order valence-electron chi connectivity index (χ1n) is 9.11. The van der Waals surface area contributed by atoms with Crippen LogP contribution in [0.5, 0.6) is 0 Å². The highest BCUT2D eigenvalue weighted by Gasteiger charge is 2.14. The Hall–Kier alpha value is -3.61. The average Bonchev–Trinajstić information content (AvgIpc) is 2.74. The molecule has 7 heteroatoms. The van der Waals surface area contributed by atoms with Gasteiger partial charge in [0, 0.05) is 29.1 Å². The number of carbonyl (C=O) groups is 2. The van der Waals surface area contributed by atoms with Crippen molar-refractivity contribution in [2.45, 2.75) is 20.4 Å². The lowest BCUT2D eigenvalue weighted by Gasteiger charge is -2.10. The van der Waals surface area contributed by atoms with Gasteiger partial charge >= 0.3 is 11.9 Å². The van der Waals surface area contributed by atoms with Gasteiger partial charge < -0.3 is 10.1 Å². The first kappa shape index (κ1) is 20.1. The normalized spacial score (nSPS) is 10.4. The Morgan fingerprint density at radius 2 is 1.90 bits per heavy atom. The van der Waals surface area contributed by atoms with E-state index in [0.29, 0.717) is 11.3 Å². The van der Waals surface area contributed by atoms with Crippen molar-refractivity contribution in [1.82, 2.24) is 15.3 Å². The zero-order chi connectivity index (χ0) is 20.8. The predicted octanol–water partition coefficient (Wildman–Crippen LogP) is 3.44. The van der Waals surface area contributed by atoms with Crippen LogP contribution in [0.3, 0.4) is 0 Å². The molecule has 0 aliphatic carbocycles. The fraction of sp³-hybridized carbons (Fsp3) is 0.182. The molecule has 0 fully saturated rings. The van der Waals surface area contributed by atoms with E-state index in [-0.39, 0.29) is 19.0 Å². The van der Waals surface area contributed by atoms with Crippen LogP contribution in [0.25, 0.3) is 22.4 Å². The van der Waals surface area contributed by atoms with E-state index in [4.69, 9.17) is 0 Å². The van der Waals surface area contributed by atoms with Gasteiger partial charge in [-0.15, -0.1) is 0 Å². The van der Waals surface area contributed by atoms with Gasteiger partial charge in [0.1, 0.15) is 5.82 Å². The van der Waals surface area contributed by atoms with E-state index in [1.165, 1.54) is 6.07 Å². The number of halogens is 1. The number of hydrogen-bond donors (Lipinski definition) is 1. The zero-order valence-electron chi connectivity index (χ0n) is 16.1. The van der Waals surface area contributed by atoms with Gasteiger partial charge in [0.2, 0.25) is 0 Å². The molecule has 0 atom stereocenters. The van der Waals surface area contributed by atoms with Gasteiger partial charge in [-0.2, -0.15) is 0 Å². The molecular formula is C22H20FN3O3. The van der Waals surface area contributed by atoms with Crippen LogP contribution in [0, 0.1) is 12.7 Å². The Balaban J connectivity index is 1.79. The second-order valence-electron chi connectivity index (χ2n) is 6.30. The van der Waals surface area contributed by atoms with Crippen molar-refractivity contribution in [2.24, 2.45) is 0 Å². The van der Waals surface area contributed by atoms with Crippen LogP contribution in [0.2, 0.25) is 0 Å². The summed E-state index contributed by atoms with van der Waals surface area (Å²) in [5, 5.41) is 2.47. The molecule has 0 spiro atoms. The summed E-state index contributed by atoms with van der Waals surface area (Å²) in [5.41, 5.74) is 4.36. The molecule has 6 nitrogen and oxygen atoms in total. The Labute approximate surface area is 167 Å². The summed E-state index contributed by atoms with van der Waals surface area (Å²) in [4.78, 5) is 31.7. The van der Waals surface area contributed by atoms with Gasteiger partial charge in [-0.25, -0.2) is 9.18 Å². The van der Waals surface area contributed by atoms with Gasteiger partial charge in [0.05, 0.1) is 24.5 Å². The summed E-state index contributed by atoms with van der Waals surface area (Å²) in [6.45, 7) is 3.59. The number of carbonyl (C=O) groups excluding carboxylic acids is 2. The molecule has 2 heterocycles. The summed E-state index contributed by atoms with van der Waals surface area (Å²) in [6, 6.07) is 12.2. The Morgan fingerprint density at radius 1 is 1.10 bits per heavy atom. The lowest BCUT2D eigenvalue weighted by atomic mass is 9.99. The van der Waals surface area contributed by atoms with E-state index in [1.54, 1.807) is 44.4 Å². The number of amides is 1. The van der Waals surface area contributed by atoms with Crippen LogP contribution in [-0.4, -0.2) is 28.5 Å². The quantitative estimate of drug-likeness (QED) is 0.531. The van der Waals surface area contributed by atoms with Gasteiger partial charge in [-0.1, -0.05) is 12.1 Å². The topological polar surface area (TPSA) is 81.2 Å². The van der Waals surface area contributed by atoms with Crippen molar-refractivity contribution in [3.63, 3.8) is 0 Å². The first-order chi connectivity index (χ1) is 14.0. The molecule has 1 amide bonds. The smallest absolute Gasteiger partial charge is 0.396 e. The third kappa shape index (κ3) is 4.82. The molecule has 0 radical (unpaired) electrons. The molecule has 148 valence electrons. The fourth-order valence-corrected chi connectivity index (χ4v) is 2.79. The standard InChI is InChI=1S/C22H20FN3O3/c1-3-29-22(28)21(27)26-13-17-8-6-16(12-25-17)18-5-4-10-24-20(18)15-7-9-19(23)14(2)11-15/h4-12H,3,13H2,1-2H3,(H,26,27). The molecule has 3 aromatic rings. The number of ether oxygens (including phenoxy) is 1. The van der Waals surface area contributed by atoms with Crippen molar-refractivity contribution in [2.75, 3.05) is 6.61 Å². The van der Waals surface area contributed by atoms with E-state index in [0.717, 1.165) is 22.4 Å². The number of nitrogens with zero attached hydrogens (tertiary/aromatic N) is 2. The van der Waals surface area contributed by atoms with Gasteiger partial charge in [-0.05, 0) is 49.7 Å². The molecule has 0 saturated heterocycles. The van der Waals surface area contributed by atoms with Crippen LogP contribution in [0.15, 0.2) is 54.9 Å². The SMILES string of the molecule is CCOC(=O)C(=O)NCc1ccc(-c2cccnc2-c2ccc(F)c(C)c2)cn1. The number of pyridine rings is 2. The highest BCUT2D eigenvalue weighted by Crippen LogP contribution is 2.30. The minimum atomic E-state index is -0.918. The molecule has 0 aliphatic rings. The number of esters is 1. The lowest BCUT2D eigenvalue weighted by molar-refractivity contribution is -0.154. The fourth-order valence-electron chi connectivity index (χ4n) is 2.79. The molecule has 2 aromatic heterocycles. The van der Waals surface area contributed by atoms with Gasteiger partial charge in [0.15, 0.2) is 0 Å². The molecule has 3 rings (SSSR count). The van der Waals surface area contributed by atoms with Gasteiger partial charge in [-0.3, -0.25) is 14.8 Å². The molecule has 0 aliphatic heterocycles. The van der Waals surface area contributed by atoms with Crippen LogP contribution < -0.4 is 5.32 Å². The summed E-state index contributed by atoms with van der Waals surface area (Å²) in [6.07, 6.45) is 3.35. The minimum absolute atomic E-state index is 0.106. The highest BCUT2D eigenvalue weighted by atomic mass is 19.1.